The molecule has 1 fully saturated rings. The number of amidine groups is 1. The Balaban J connectivity index is 2.03. The smallest absolute Gasteiger partial charge is 0.242 e. The van der Waals surface area contributed by atoms with E-state index in [0.717, 1.165) is 0 Å². The maximum Gasteiger partial charge on any atom is 0.242 e. The van der Waals surface area contributed by atoms with E-state index in [1.165, 1.54) is 11.8 Å². The molecule has 130 valence electrons. The van der Waals surface area contributed by atoms with Gasteiger partial charge in [0.1, 0.15) is 11.0 Å². The molecule has 1 aromatic rings. The molecule has 2 rings (SSSR count). The number of ether oxygens (including phenoxy) is 1. The van der Waals surface area contributed by atoms with E-state index in [1.807, 2.05) is 32.9 Å². The Morgan fingerprint density at radius 3 is 2.75 bits per heavy atom. The Labute approximate surface area is 146 Å². The van der Waals surface area contributed by atoms with E-state index < -0.39 is 5.25 Å². The normalized spacial score (nSPS) is 19.0. The van der Waals surface area contributed by atoms with E-state index in [9.17, 15) is 9.59 Å². The molecule has 0 aromatic heterocycles. The molecule has 1 aliphatic heterocycles. The number of aliphatic imine (C=N–C) groups is 1. The zero-order valence-corrected chi connectivity index (χ0v) is 15.1. The molecule has 1 aromatic carbocycles. The van der Waals surface area contributed by atoms with Crippen molar-refractivity contribution < 1.29 is 14.3 Å². The number of carbonyl (C=O) groups is 2. The number of amides is 2. The van der Waals surface area contributed by atoms with Crippen LogP contribution in [0.15, 0.2) is 29.3 Å². The third kappa shape index (κ3) is 4.29. The van der Waals surface area contributed by atoms with Gasteiger partial charge in [-0.2, -0.15) is 0 Å². The molecule has 0 radical (unpaired) electrons. The highest BCUT2D eigenvalue weighted by Crippen LogP contribution is 2.30. The van der Waals surface area contributed by atoms with E-state index in [-0.39, 0.29) is 18.2 Å². The number of hydrogen-bond acceptors (Lipinski definition) is 5. The van der Waals surface area contributed by atoms with Gasteiger partial charge in [-0.1, -0.05) is 23.9 Å². The fourth-order valence-electron chi connectivity index (χ4n) is 2.41. The average molecular weight is 349 g/mol. The van der Waals surface area contributed by atoms with Gasteiger partial charge in [0.25, 0.3) is 0 Å². The molecule has 1 saturated heterocycles. The van der Waals surface area contributed by atoms with Crippen molar-refractivity contribution >= 4 is 34.4 Å². The van der Waals surface area contributed by atoms with Crippen LogP contribution in [0.3, 0.4) is 0 Å². The molecular formula is C17H23N3O3S. The minimum Gasteiger partial charge on any atom is -0.492 e. The molecule has 0 bridgehead atoms. The summed E-state index contributed by atoms with van der Waals surface area (Å²) in [5.74, 6) is 0.368. The average Bonchev–Trinajstić information content (AvgIpc) is 2.85. The predicted octanol–water partition coefficient (Wildman–Crippen LogP) is 2.75. The number of nitrogens with one attached hydrogen (secondary N) is 1. The first kappa shape index (κ1) is 18.3. The van der Waals surface area contributed by atoms with E-state index >= 15 is 0 Å². The van der Waals surface area contributed by atoms with Gasteiger partial charge in [-0.15, -0.1) is 0 Å². The van der Waals surface area contributed by atoms with Crippen LogP contribution in [0.2, 0.25) is 0 Å². The lowest BCUT2D eigenvalue weighted by Gasteiger charge is -2.13. The van der Waals surface area contributed by atoms with Crippen molar-refractivity contribution in [2.45, 2.75) is 32.4 Å². The van der Waals surface area contributed by atoms with E-state index in [1.54, 1.807) is 17.0 Å². The maximum atomic E-state index is 12.4. The number of carbonyl (C=O) groups excluding carboxylic acids is 2. The van der Waals surface area contributed by atoms with Gasteiger partial charge in [0.2, 0.25) is 11.8 Å². The molecule has 1 heterocycles. The van der Waals surface area contributed by atoms with Gasteiger partial charge in [-0.3, -0.25) is 19.5 Å². The van der Waals surface area contributed by atoms with Gasteiger partial charge >= 0.3 is 0 Å². The molecule has 24 heavy (non-hydrogen) atoms. The van der Waals surface area contributed by atoms with Gasteiger partial charge < -0.3 is 10.1 Å². The van der Waals surface area contributed by atoms with Crippen LogP contribution in [0, 0.1) is 0 Å². The molecule has 0 unspecified atom stereocenters. The van der Waals surface area contributed by atoms with Gasteiger partial charge in [0.05, 0.1) is 12.3 Å². The molecule has 0 spiro atoms. The highest BCUT2D eigenvalue weighted by molar-refractivity contribution is 8.15. The Morgan fingerprint density at radius 2 is 2.08 bits per heavy atom. The van der Waals surface area contributed by atoms with Crippen LogP contribution in [0.4, 0.5) is 5.69 Å². The lowest BCUT2D eigenvalue weighted by Crippen LogP contribution is -2.33. The van der Waals surface area contributed by atoms with Gasteiger partial charge in [-0.25, -0.2) is 0 Å². The Morgan fingerprint density at radius 1 is 1.33 bits per heavy atom. The summed E-state index contributed by atoms with van der Waals surface area (Å²) >= 11 is 1.36. The number of hydrogen-bond donors (Lipinski definition) is 1. The summed E-state index contributed by atoms with van der Waals surface area (Å²) < 4.78 is 5.50. The summed E-state index contributed by atoms with van der Waals surface area (Å²) in [5, 5.41) is 3.12. The van der Waals surface area contributed by atoms with Crippen LogP contribution in [0.25, 0.3) is 0 Å². The monoisotopic (exact) mass is 349 g/mol. The number of para-hydroxylation sites is 2. The predicted molar refractivity (Wildman–Crippen MR) is 97.6 cm³/mol. The van der Waals surface area contributed by atoms with Crippen LogP contribution < -0.4 is 10.1 Å². The number of benzene rings is 1. The maximum absolute atomic E-state index is 12.4. The number of thioether (sulfide) groups is 1. The lowest BCUT2D eigenvalue weighted by molar-refractivity contribution is -0.128. The topological polar surface area (TPSA) is 71.0 Å². The van der Waals surface area contributed by atoms with Crippen molar-refractivity contribution in [1.29, 1.82) is 0 Å². The van der Waals surface area contributed by atoms with Gasteiger partial charge in [0, 0.05) is 19.5 Å². The van der Waals surface area contributed by atoms with Crippen molar-refractivity contribution in [3.63, 3.8) is 0 Å². The van der Waals surface area contributed by atoms with Crippen molar-refractivity contribution in [2.75, 3.05) is 25.0 Å². The number of nitrogens with zero attached hydrogens (tertiary/aromatic N) is 2. The summed E-state index contributed by atoms with van der Waals surface area (Å²) in [4.78, 5) is 30.7. The first-order valence-electron chi connectivity index (χ1n) is 8.14. The minimum atomic E-state index is -0.422. The first-order chi connectivity index (χ1) is 11.6. The van der Waals surface area contributed by atoms with Crippen LogP contribution in [-0.4, -0.2) is 46.8 Å². The minimum absolute atomic E-state index is 0.0528. The Hall–Kier alpha value is -2.02. The van der Waals surface area contributed by atoms with Crippen molar-refractivity contribution in [1.82, 2.24) is 4.90 Å². The van der Waals surface area contributed by atoms with Crippen molar-refractivity contribution in [3.05, 3.63) is 24.3 Å². The van der Waals surface area contributed by atoms with Crippen LogP contribution >= 0.6 is 11.8 Å². The molecule has 2 amide bonds. The quantitative estimate of drug-likeness (QED) is 0.822. The largest absolute Gasteiger partial charge is 0.492 e. The van der Waals surface area contributed by atoms with Crippen LogP contribution in [0.5, 0.6) is 5.75 Å². The zero-order valence-electron chi connectivity index (χ0n) is 14.2. The molecule has 1 N–H and O–H groups in total. The molecule has 6 nitrogen and oxygen atoms in total. The molecule has 1 aliphatic rings. The SMILES string of the molecule is CCN=C1S[C@@H](CC(=O)Nc2ccccc2OCC)C(=O)N1CC. The summed E-state index contributed by atoms with van der Waals surface area (Å²) in [6, 6.07) is 7.27. The van der Waals surface area contributed by atoms with E-state index in [2.05, 4.69) is 10.3 Å². The molecule has 0 saturated carbocycles. The molecular weight excluding hydrogens is 326 g/mol. The van der Waals surface area contributed by atoms with E-state index in [0.29, 0.717) is 36.3 Å². The number of rotatable bonds is 7. The second-order valence-electron chi connectivity index (χ2n) is 5.13. The zero-order chi connectivity index (χ0) is 17.5. The van der Waals surface area contributed by atoms with E-state index in [4.69, 9.17) is 4.74 Å². The molecule has 1 atom stereocenters. The van der Waals surface area contributed by atoms with Crippen molar-refractivity contribution in [2.24, 2.45) is 4.99 Å². The highest BCUT2D eigenvalue weighted by atomic mass is 32.2. The lowest BCUT2D eigenvalue weighted by atomic mass is 10.2. The Kier molecular flexibility index (Phi) is 6.66. The van der Waals surface area contributed by atoms with Crippen LogP contribution in [-0.2, 0) is 9.59 Å². The second kappa shape index (κ2) is 8.73. The third-order valence-corrected chi connectivity index (χ3v) is 4.67. The standard InChI is InChI=1S/C17H23N3O3S/c1-4-18-17-20(5-2)16(22)14(24-17)11-15(21)19-12-9-7-8-10-13(12)23-6-3/h7-10,14H,4-6,11H2,1-3H3,(H,19,21)/t14-/m0/s1. The van der Waals surface area contributed by atoms with Crippen LogP contribution in [0.1, 0.15) is 27.2 Å². The van der Waals surface area contributed by atoms with Crippen molar-refractivity contribution in [3.8, 4) is 5.75 Å². The number of anilines is 1. The fourth-order valence-corrected chi connectivity index (χ4v) is 3.68. The third-order valence-electron chi connectivity index (χ3n) is 3.46. The summed E-state index contributed by atoms with van der Waals surface area (Å²) in [6.45, 7) is 7.43. The Bertz CT molecular complexity index is 633. The molecule has 7 heteroatoms. The summed E-state index contributed by atoms with van der Waals surface area (Å²) in [5.41, 5.74) is 0.620. The second-order valence-corrected chi connectivity index (χ2v) is 6.30. The van der Waals surface area contributed by atoms with Gasteiger partial charge in [-0.05, 0) is 32.9 Å². The summed E-state index contributed by atoms with van der Waals surface area (Å²) in [6.07, 6.45) is 0.114. The van der Waals surface area contributed by atoms with Gasteiger partial charge in [0.15, 0.2) is 5.17 Å². The summed E-state index contributed by atoms with van der Waals surface area (Å²) in [7, 11) is 0. The molecule has 0 aliphatic carbocycles. The highest BCUT2D eigenvalue weighted by Gasteiger charge is 2.38. The first-order valence-corrected chi connectivity index (χ1v) is 9.02. The fraction of sp³-hybridized carbons (Fsp3) is 0.471.